The molecule has 1 aromatic carbocycles. The fraction of sp³-hybridized carbons (Fsp3) is 0.467. The van der Waals surface area contributed by atoms with Gasteiger partial charge in [-0.3, -0.25) is 9.59 Å². The van der Waals surface area contributed by atoms with Gasteiger partial charge in [-0.15, -0.1) is 0 Å². The predicted octanol–water partition coefficient (Wildman–Crippen LogP) is 2.37. The SMILES string of the molecule is COc1ccc(Br)cc1CC(=O)N[C@@H]1CCC[C@@H]1C(=O)O. The Morgan fingerprint density at radius 3 is 2.86 bits per heavy atom. The fourth-order valence-electron chi connectivity index (χ4n) is 2.74. The summed E-state index contributed by atoms with van der Waals surface area (Å²) < 4.78 is 6.11. The van der Waals surface area contributed by atoms with Gasteiger partial charge in [-0.2, -0.15) is 0 Å². The van der Waals surface area contributed by atoms with Crippen LogP contribution in [0.1, 0.15) is 24.8 Å². The van der Waals surface area contributed by atoms with E-state index in [0.29, 0.717) is 12.2 Å². The number of nitrogens with one attached hydrogen (secondary N) is 1. The molecule has 0 saturated heterocycles. The molecule has 2 rings (SSSR count). The lowest BCUT2D eigenvalue weighted by molar-refractivity contribution is -0.142. The minimum atomic E-state index is -0.835. The van der Waals surface area contributed by atoms with Crippen molar-refractivity contribution in [1.29, 1.82) is 0 Å². The molecule has 21 heavy (non-hydrogen) atoms. The highest BCUT2D eigenvalue weighted by Gasteiger charge is 2.33. The quantitative estimate of drug-likeness (QED) is 0.849. The van der Waals surface area contributed by atoms with Gasteiger partial charge in [0.15, 0.2) is 0 Å². The number of amides is 1. The number of benzene rings is 1. The third-order valence-corrected chi connectivity index (χ3v) is 4.27. The Morgan fingerprint density at radius 1 is 1.43 bits per heavy atom. The van der Waals surface area contributed by atoms with E-state index in [-0.39, 0.29) is 18.4 Å². The van der Waals surface area contributed by atoms with E-state index >= 15 is 0 Å². The first kappa shape index (κ1) is 15.8. The summed E-state index contributed by atoms with van der Waals surface area (Å²) in [5, 5.41) is 12.0. The number of carboxylic acid groups (broad SMARTS) is 1. The molecule has 0 aliphatic heterocycles. The molecule has 0 heterocycles. The molecule has 114 valence electrons. The minimum absolute atomic E-state index is 0.172. The van der Waals surface area contributed by atoms with E-state index in [1.165, 1.54) is 0 Å². The summed E-state index contributed by atoms with van der Waals surface area (Å²) in [7, 11) is 1.56. The number of rotatable bonds is 5. The first-order valence-electron chi connectivity index (χ1n) is 6.86. The predicted molar refractivity (Wildman–Crippen MR) is 81.3 cm³/mol. The third-order valence-electron chi connectivity index (χ3n) is 3.77. The Balaban J connectivity index is 2.02. The van der Waals surface area contributed by atoms with E-state index < -0.39 is 11.9 Å². The Bertz CT molecular complexity index is 546. The van der Waals surface area contributed by atoms with Gasteiger partial charge in [-0.05, 0) is 31.0 Å². The van der Waals surface area contributed by atoms with E-state index in [1.807, 2.05) is 12.1 Å². The van der Waals surface area contributed by atoms with Crippen LogP contribution in [0.4, 0.5) is 0 Å². The van der Waals surface area contributed by atoms with Crippen LogP contribution >= 0.6 is 15.9 Å². The van der Waals surface area contributed by atoms with Crippen molar-refractivity contribution in [3.63, 3.8) is 0 Å². The number of carbonyl (C=O) groups excluding carboxylic acids is 1. The number of halogens is 1. The summed E-state index contributed by atoms with van der Waals surface area (Å²) in [6, 6.07) is 5.20. The van der Waals surface area contributed by atoms with Crippen molar-refractivity contribution in [3.05, 3.63) is 28.2 Å². The Kier molecular flexibility index (Phi) is 5.22. The molecule has 1 aliphatic rings. The molecule has 0 aromatic heterocycles. The van der Waals surface area contributed by atoms with Crippen molar-refractivity contribution in [3.8, 4) is 5.75 Å². The number of methoxy groups -OCH3 is 1. The molecular weight excluding hydrogens is 338 g/mol. The second kappa shape index (κ2) is 6.93. The number of carboxylic acids is 1. The third kappa shape index (κ3) is 3.97. The Hall–Kier alpha value is -1.56. The van der Waals surface area contributed by atoms with Crippen molar-refractivity contribution < 1.29 is 19.4 Å². The number of hydrogen-bond donors (Lipinski definition) is 2. The van der Waals surface area contributed by atoms with Crippen molar-refractivity contribution in [2.75, 3.05) is 7.11 Å². The van der Waals surface area contributed by atoms with Crippen LogP contribution in [0.5, 0.6) is 5.75 Å². The van der Waals surface area contributed by atoms with E-state index in [2.05, 4.69) is 21.2 Å². The number of carbonyl (C=O) groups is 2. The highest BCUT2D eigenvalue weighted by atomic mass is 79.9. The summed E-state index contributed by atoms with van der Waals surface area (Å²) in [5.74, 6) is -0.838. The standard InChI is InChI=1S/C15H18BrNO4/c1-21-13-6-5-10(16)7-9(13)8-14(18)17-12-4-2-3-11(12)15(19)20/h5-7,11-12H,2-4,8H2,1H3,(H,17,18)(H,19,20)/t11-,12+/m0/s1. The van der Waals surface area contributed by atoms with Crippen LogP contribution in [-0.2, 0) is 16.0 Å². The summed E-state index contributed by atoms with van der Waals surface area (Å²) in [5.41, 5.74) is 0.772. The zero-order valence-corrected chi connectivity index (χ0v) is 13.4. The second-order valence-corrected chi connectivity index (χ2v) is 6.10. The van der Waals surface area contributed by atoms with Crippen molar-refractivity contribution in [2.24, 2.45) is 5.92 Å². The van der Waals surface area contributed by atoms with Crippen LogP contribution in [-0.4, -0.2) is 30.1 Å². The van der Waals surface area contributed by atoms with Gasteiger partial charge in [0.1, 0.15) is 5.75 Å². The lowest BCUT2D eigenvalue weighted by atomic mass is 10.0. The zero-order chi connectivity index (χ0) is 15.4. The average Bonchev–Trinajstić information content (AvgIpc) is 2.87. The molecule has 0 radical (unpaired) electrons. The lowest BCUT2D eigenvalue weighted by Crippen LogP contribution is -2.40. The van der Waals surface area contributed by atoms with Gasteiger partial charge in [0.2, 0.25) is 5.91 Å². The minimum Gasteiger partial charge on any atom is -0.496 e. The van der Waals surface area contributed by atoms with Crippen LogP contribution in [0.3, 0.4) is 0 Å². The lowest BCUT2D eigenvalue weighted by Gasteiger charge is -2.18. The average molecular weight is 356 g/mol. The molecule has 1 amide bonds. The molecule has 1 aliphatic carbocycles. The molecule has 1 aromatic rings. The molecule has 5 nitrogen and oxygen atoms in total. The van der Waals surface area contributed by atoms with E-state index in [4.69, 9.17) is 9.84 Å². The highest BCUT2D eigenvalue weighted by molar-refractivity contribution is 9.10. The molecule has 0 bridgehead atoms. The van der Waals surface area contributed by atoms with Crippen LogP contribution < -0.4 is 10.1 Å². The van der Waals surface area contributed by atoms with Crippen LogP contribution in [0.15, 0.2) is 22.7 Å². The van der Waals surface area contributed by atoms with Gasteiger partial charge in [-0.1, -0.05) is 22.4 Å². The van der Waals surface area contributed by atoms with Gasteiger partial charge in [-0.25, -0.2) is 0 Å². The van der Waals surface area contributed by atoms with Gasteiger partial charge in [0, 0.05) is 16.1 Å². The highest BCUT2D eigenvalue weighted by Crippen LogP contribution is 2.27. The van der Waals surface area contributed by atoms with Gasteiger partial charge in [0.25, 0.3) is 0 Å². The van der Waals surface area contributed by atoms with Crippen LogP contribution in [0.25, 0.3) is 0 Å². The maximum atomic E-state index is 12.1. The maximum absolute atomic E-state index is 12.1. The molecule has 0 unspecified atom stereocenters. The van der Waals surface area contributed by atoms with Gasteiger partial charge >= 0.3 is 5.97 Å². The van der Waals surface area contributed by atoms with E-state index in [0.717, 1.165) is 22.9 Å². The summed E-state index contributed by atoms with van der Waals surface area (Å²) >= 11 is 3.37. The molecule has 1 saturated carbocycles. The summed E-state index contributed by atoms with van der Waals surface area (Å²) in [6.45, 7) is 0. The molecule has 0 spiro atoms. The Morgan fingerprint density at radius 2 is 2.19 bits per heavy atom. The maximum Gasteiger partial charge on any atom is 0.308 e. The molecule has 2 N–H and O–H groups in total. The van der Waals surface area contributed by atoms with Crippen molar-refractivity contribution >= 4 is 27.8 Å². The number of aliphatic carboxylic acids is 1. The molecule has 2 atom stereocenters. The normalized spacial score (nSPS) is 21.0. The van der Waals surface area contributed by atoms with E-state index in [1.54, 1.807) is 13.2 Å². The van der Waals surface area contributed by atoms with E-state index in [9.17, 15) is 9.59 Å². The van der Waals surface area contributed by atoms with Crippen molar-refractivity contribution in [1.82, 2.24) is 5.32 Å². The smallest absolute Gasteiger partial charge is 0.308 e. The van der Waals surface area contributed by atoms with Crippen LogP contribution in [0, 0.1) is 5.92 Å². The monoisotopic (exact) mass is 355 g/mol. The fourth-order valence-corrected chi connectivity index (χ4v) is 3.15. The Labute approximate surface area is 131 Å². The van der Waals surface area contributed by atoms with Crippen molar-refractivity contribution in [2.45, 2.75) is 31.7 Å². The van der Waals surface area contributed by atoms with Gasteiger partial charge in [0.05, 0.1) is 19.4 Å². The zero-order valence-electron chi connectivity index (χ0n) is 11.8. The van der Waals surface area contributed by atoms with Gasteiger partial charge < -0.3 is 15.2 Å². The second-order valence-electron chi connectivity index (χ2n) is 5.18. The summed E-state index contributed by atoms with van der Waals surface area (Å²) in [6.07, 6.45) is 2.35. The largest absolute Gasteiger partial charge is 0.496 e. The molecular formula is C15H18BrNO4. The number of ether oxygens (including phenoxy) is 1. The first-order chi connectivity index (χ1) is 10.0. The number of hydrogen-bond acceptors (Lipinski definition) is 3. The van der Waals surface area contributed by atoms with Crippen LogP contribution in [0.2, 0.25) is 0 Å². The molecule has 1 fully saturated rings. The summed E-state index contributed by atoms with van der Waals surface area (Å²) in [4.78, 5) is 23.3. The first-order valence-corrected chi connectivity index (χ1v) is 7.65. The topological polar surface area (TPSA) is 75.6 Å². The molecule has 6 heteroatoms.